The Labute approximate surface area is 130 Å². The third-order valence-corrected chi connectivity index (χ3v) is 4.09. The number of anilines is 2. The summed E-state index contributed by atoms with van der Waals surface area (Å²) in [4.78, 5) is 6.72. The van der Waals surface area contributed by atoms with E-state index in [1.807, 2.05) is 19.3 Å². The van der Waals surface area contributed by atoms with Crippen molar-refractivity contribution in [1.29, 1.82) is 0 Å². The summed E-state index contributed by atoms with van der Waals surface area (Å²) >= 11 is 0. The molecule has 0 unspecified atom stereocenters. The average molecular weight is 300 g/mol. The minimum absolute atomic E-state index is 0.211. The standard InChI is InChI=1S/C17H21FN4/c1-19-15-7-9-22(12-15)16-6-8-20-17(10-16)21-11-13-2-4-14(18)5-3-13/h2-6,8,10,15,19H,7,9,11-12H2,1H3,(H,20,21)/t15-/m1/s1. The molecular formula is C17H21FN4. The summed E-state index contributed by atoms with van der Waals surface area (Å²) in [7, 11) is 2.01. The number of rotatable bonds is 5. The van der Waals surface area contributed by atoms with Gasteiger partial charge in [0.1, 0.15) is 11.6 Å². The fraction of sp³-hybridized carbons (Fsp3) is 0.353. The maximum atomic E-state index is 12.9. The van der Waals surface area contributed by atoms with Gasteiger partial charge in [0.2, 0.25) is 0 Å². The number of hydrogen-bond donors (Lipinski definition) is 2. The van der Waals surface area contributed by atoms with Gasteiger partial charge in [-0.05, 0) is 37.2 Å². The van der Waals surface area contributed by atoms with Crippen LogP contribution in [-0.2, 0) is 6.54 Å². The fourth-order valence-electron chi connectivity index (χ4n) is 2.74. The summed E-state index contributed by atoms with van der Waals surface area (Å²) in [5.74, 6) is 0.631. The maximum absolute atomic E-state index is 12.9. The molecule has 1 aliphatic heterocycles. The highest BCUT2D eigenvalue weighted by molar-refractivity contribution is 5.54. The monoisotopic (exact) mass is 300 g/mol. The second-order valence-electron chi connectivity index (χ2n) is 5.60. The zero-order chi connectivity index (χ0) is 15.4. The van der Waals surface area contributed by atoms with Crippen molar-refractivity contribution in [3.05, 3.63) is 54.0 Å². The molecule has 116 valence electrons. The first-order valence-corrected chi connectivity index (χ1v) is 7.61. The van der Waals surface area contributed by atoms with Crippen molar-refractivity contribution in [2.45, 2.75) is 19.0 Å². The molecule has 0 bridgehead atoms. The van der Waals surface area contributed by atoms with Gasteiger partial charge in [0.05, 0.1) is 0 Å². The zero-order valence-corrected chi connectivity index (χ0v) is 12.7. The highest BCUT2D eigenvalue weighted by atomic mass is 19.1. The molecule has 2 N–H and O–H groups in total. The summed E-state index contributed by atoms with van der Waals surface area (Å²) in [5, 5.41) is 6.62. The predicted molar refractivity (Wildman–Crippen MR) is 87.6 cm³/mol. The molecular weight excluding hydrogens is 279 g/mol. The van der Waals surface area contributed by atoms with Crippen LogP contribution in [0.1, 0.15) is 12.0 Å². The van der Waals surface area contributed by atoms with Gasteiger partial charge in [0, 0.05) is 43.6 Å². The van der Waals surface area contributed by atoms with Crippen LogP contribution in [0, 0.1) is 5.82 Å². The predicted octanol–water partition coefficient (Wildman–Crippen LogP) is 2.63. The molecule has 3 rings (SSSR count). The molecule has 4 nitrogen and oxygen atoms in total. The molecule has 1 saturated heterocycles. The quantitative estimate of drug-likeness (QED) is 0.890. The molecule has 1 aromatic heterocycles. The van der Waals surface area contributed by atoms with Crippen molar-refractivity contribution in [3.63, 3.8) is 0 Å². The van der Waals surface area contributed by atoms with Crippen LogP contribution >= 0.6 is 0 Å². The lowest BCUT2D eigenvalue weighted by Gasteiger charge is -2.19. The minimum atomic E-state index is -0.211. The summed E-state index contributed by atoms with van der Waals surface area (Å²) in [6.45, 7) is 2.72. The lowest BCUT2D eigenvalue weighted by molar-refractivity contribution is 0.617. The van der Waals surface area contributed by atoms with Gasteiger partial charge in [0.25, 0.3) is 0 Å². The van der Waals surface area contributed by atoms with Crippen molar-refractivity contribution in [1.82, 2.24) is 10.3 Å². The van der Waals surface area contributed by atoms with Crippen molar-refractivity contribution in [2.75, 3.05) is 30.4 Å². The number of likely N-dealkylation sites (N-methyl/N-ethyl adjacent to an activating group) is 1. The van der Waals surface area contributed by atoms with Crippen LogP contribution in [0.4, 0.5) is 15.9 Å². The van der Waals surface area contributed by atoms with Crippen LogP contribution in [-0.4, -0.2) is 31.2 Å². The second kappa shape index (κ2) is 6.75. The molecule has 5 heteroatoms. The summed E-state index contributed by atoms with van der Waals surface area (Å²) in [6.07, 6.45) is 2.99. The number of hydrogen-bond acceptors (Lipinski definition) is 4. The van der Waals surface area contributed by atoms with E-state index in [1.54, 1.807) is 12.1 Å². The van der Waals surface area contributed by atoms with Crippen LogP contribution in [0.25, 0.3) is 0 Å². The number of aromatic nitrogens is 1. The lowest BCUT2D eigenvalue weighted by Crippen LogP contribution is -2.29. The Morgan fingerprint density at radius 1 is 1.27 bits per heavy atom. The Kier molecular flexibility index (Phi) is 4.53. The van der Waals surface area contributed by atoms with Crippen LogP contribution in [0.2, 0.25) is 0 Å². The Morgan fingerprint density at radius 2 is 2.09 bits per heavy atom. The Balaban J connectivity index is 1.63. The van der Waals surface area contributed by atoms with Gasteiger partial charge >= 0.3 is 0 Å². The van der Waals surface area contributed by atoms with E-state index in [2.05, 4.69) is 26.6 Å². The van der Waals surface area contributed by atoms with Gasteiger partial charge in [-0.3, -0.25) is 0 Å². The molecule has 0 amide bonds. The van der Waals surface area contributed by atoms with E-state index in [9.17, 15) is 4.39 Å². The van der Waals surface area contributed by atoms with E-state index >= 15 is 0 Å². The zero-order valence-electron chi connectivity index (χ0n) is 12.7. The first-order valence-electron chi connectivity index (χ1n) is 7.61. The normalized spacial score (nSPS) is 17.7. The average Bonchev–Trinajstić information content (AvgIpc) is 3.04. The molecule has 0 spiro atoms. The maximum Gasteiger partial charge on any atom is 0.128 e. The molecule has 2 heterocycles. The molecule has 0 radical (unpaired) electrons. The fourth-order valence-corrected chi connectivity index (χ4v) is 2.74. The molecule has 1 aliphatic rings. The van der Waals surface area contributed by atoms with E-state index in [0.717, 1.165) is 30.9 Å². The van der Waals surface area contributed by atoms with E-state index in [-0.39, 0.29) is 5.82 Å². The molecule has 0 saturated carbocycles. The molecule has 0 aliphatic carbocycles. The van der Waals surface area contributed by atoms with Crippen LogP contribution in [0.5, 0.6) is 0 Å². The van der Waals surface area contributed by atoms with Crippen molar-refractivity contribution < 1.29 is 4.39 Å². The largest absolute Gasteiger partial charge is 0.370 e. The first-order chi connectivity index (χ1) is 10.7. The van der Waals surface area contributed by atoms with Gasteiger partial charge in [-0.25, -0.2) is 9.37 Å². The Bertz CT molecular complexity index is 614. The summed E-state index contributed by atoms with van der Waals surface area (Å²) in [5.41, 5.74) is 2.22. The van der Waals surface area contributed by atoms with Gasteiger partial charge in [-0.15, -0.1) is 0 Å². The molecule has 1 atom stereocenters. The highest BCUT2D eigenvalue weighted by Crippen LogP contribution is 2.22. The van der Waals surface area contributed by atoms with Gasteiger partial charge in [-0.1, -0.05) is 12.1 Å². The molecule has 2 aromatic rings. The Morgan fingerprint density at radius 3 is 2.82 bits per heavy atom. The summed E-state index contributed by atoms with van der Waals surface area (Å²) < 4.78 is 12.9. The Hall–Kier alpha value is -2.14. The van der Waals surface area contributed by atoms with E-state index in [1.165, 1.54) is 17.8 Å². The first kappa shape index (κ1) is 14.8. The third kappa shape index (κ3) is 3.54. The van der Waals surface area contributed by atoms with Crippen LogP contribution in [0.15, 0.2) is 42.6 Å². The number of benzene rings is 1. The minimum Gasteiger partial charge on any atom is -0.370 e. The topological polar surface area (TPSA) is 40.2 Å². The lowest BCUT2D eigenvalue weighted by atomic mass is 10.2. The molecule has 1 aromatic carbocycles. The third-order valence-electron chi connectivity index (χ3n) is 4.09. The molecule has 1 fully saturated rings. The van der Waals surface area contributed by atoms with Crippen molar-refractivity contribution in [2.24, 2.45) is 0 Å². The smallest absolute Gasteiger partial charge is 0.128 e. The van der Waals surface area contributed by atoms with E-state index < -0.39 is 0 Å². The van der Waals surface area contributed by atoms with Crippen molar-refractivity contribution >= 4 is 11.5 Å². The van der Waals surface area contributed by atoms with Gasteiger partial charge in [0.15, 0.2) is 0 Å². The SMILES string of the molecule is CN[C@@H]1CCN(c2ccnc(NCc3ccc(F)cc3)c2)C1. The highest BCUT2D eigenvalue weighted by Gasteiger charge is 2.21. The number of nitrogens with one attached hydrogen (secondary N) is 2. The van der Waals surface area contributed by atoms with Crippen LogP contribution < -0.4 is 15.5 Å². The van der Waals surface area contributed by atoms with Gasteiger partial charge in [-0.2, -0.15) is 0 Å². The van der Waals surface area contributed by atoms with E-state index in [4.69, 9.17) is 0 Å². The summed E-state index contributed by atoms with van der Waals surface area (Å²) in [6, 6.07) is 11.2. The number of nitrogens with zero attached hydrogens (tertiary/aromatic N) is 2. The second-order valence-corrected chi connectivity index (χ2v) is 5.60. The molecule has 22 heavy (non-hydrogen) atoms. The number of halogens is 1. The van der Waals surface area contributed by atoms with Crippen molar-refractivity contribution in [3.8, 4) is 0 Å². The number of pyridine rings is 1. The van der Waals surface area contributed by atoms with Gasteiger partial charge < -0.3 is 15.5 Å². The van der Waals surface area contributed by atoms with Crippen LogP contribution in [0.3, 0.4) is 0 Å². The van der Waals surface area contributed by atoms with E-state index in [0.29, 0.717) is 12.6 Å².